The van der Waals surface area contributed by atoms with Crippen molar-refractivity contribution in [1.82, 2.24) is 4.57 Å². The Morgan fingerprint density at radius 1 is 0.900 bits per heavy atom. The highest BCUT2D eigenvalue weighted by molar-refractivity contribution is 7.07. The Balaban J connectivity index is 1.40. The number of carbonyl (C=O) groups excluding carboxylic acids is 1. The van der Waals surface area contributed by atoms with Gasteiger partial charge in [0.05, 0.1) is 43.2 Å². The van der Waals surface area contributed by atoms with Crippen LogP contribution in [-0.2, 0) is 20.9 Å². The van der Waals surface area contributed by atoms with E-state index in [0.717, 1.165) is 21.9 Å². The van der Waals surface area contributed by atoms with Crippen LogP contribution in [0.2, 0.25) is 0 Å². The second-order valence-corrected chi connectivity index (χ2v) is 12.4. The van der Waals surface area contributed by atoms with E-state index in [1.54, 1.807) is 39.4 Å². The average molecular weight is 695 g/mol. The van der Waals surface area contributed by atoms with Crippen molar-refractivity contribution in [3.8, 4) is 23.0 Å². The monoisotopic (exact) mass is 694 g/mol. The van der Waals surface area contributed by atoms with Crippen LogP contribution in [-0.4, -0.2) is 51.7 Å². The number of carbonyl (C=O) groups is 1. The van der Waals surface area contributed by atoms with Crippen molar-refractivity contribution in [2.24, 2.45) is 4.99 Å². The second-order valence-electron chi connectivity index (χ2n) is 11.4. The zero-order valence-electron chi connectivity index (χ0n) is 28.6. The minimum atomic E-state index is -0.889. The van der Waals surface area contributed by atoms with Crippen LogP contribution in [0.4, 0.5) is 0 Å². The van der Waals surface area contributed by atoms with Crippen molar-refractivity contribution < 1.29 is 33.2 Å². The molecular formula is C39H38N2O8S. The number of hydrogen-bond donors (Lipinski definition) is 0. The number of esters is 1. The topological polar surface area (TPSA) is 107 Å². The van der Waals surface area contributed by atoms with Crippen molar-refractivity contribution in [2.75, 3.05) is 41.2 Å². The number of nitrogens with zero attached hydrogens (tertiary/aromatic N) is 2. The predicted molar refractivity (Wildman–Crippen MR) is 192 cm³/mol. The molecule has 0 fully saturated rings. The van der Waals surface area contributed by atoms with Gasteiger partial charge in [-0.05, 0) is 60.0 Å². The third-order valence-electron chi connectivity index (χ3n) is 8.32. The number of thiazole rings is 1. The van der Waals surface area contributed by atoms with Crippen LogP contribution < -0.4 is 33.8 Å². The minimum absolute atomic E-state index is 0.0448. The Hall–Kier alpha value is -5.39. The quantitative estimate of drug-likeness (QED) is 0.116. The van der Waals surface area contributed by atoms with E-state index in [-0.39, 0.29) is 24.3 Å². The fraction of sp³-hybridized carbons (Fsp3) is 0.256. The molecular weight excluding hydrogens is 657 g/mol. The molecule has 1 atom stereocenters. The van der Waals surface area contributed by atoms with Crippen LogP contribution in [0, 0.1) is 0 Å². The molecule has 0 N–H and O–H groups in total. The zero-order chi connectivity index (χ0) is 35.2. The summed E-state index contributed by atoms with van der Waals surface area (Å²) in [5, 5.41) is 2.27. The number of para-hydroxylation sites is 1. The molecule has 0 saturated heterocycles. The molecule has 10 nitrogen and oxygen atoms in total. The van der Waals surface area contributed by atoms with Gasteiger partial charge in [-0.1, -0.05) is 72.0 Å². The van der Waals surface area contributed by atoms with Gasteiger partial charge in [0.15, 0.2) is 27.8 Å². The van der Waals surface area contributed by atoms with E-state index >= 15 is 0 Å². The number of aromatic nitrogens is 1. The van der Waals surface area contributed by atoms with Gasteiger partial charge in [-0.25, -0.2) is 9.79 Å². The Labute approximate surface area is 293 Å². The van der Waals surface area contributed by atoms with Crippen molar-refractivity contribution in [2.45, 2.75) is 26.5 Å². The van der Waals surface area contributed by atoms with E-state index in [1.807, 2.05) is 55.5 Å². The molecule has 6 rings (SSSR count). The highest BCUT2D eigenvalue weighted by Crippen LogP contribution is 2.41. The molecule has 0 unspecified atom stereocenters. The average Bonchev–Trinajstić information content (AvgIpc) is 3.43. The molecule has 0 bridgehead atoms. The van der Waals surface area contributed by atoms with E-state index < -0.39 is 12.0 Å². The molecule has 0 saturated carbocycles. The van der Waals surface area contributed by atoms with Crippen LogP contribution in [0.5, 0.6) is 23.0 Å². The fourth-order valence-corrected chi connectivity index (χ4v) is 7.05. The molecule has 50 heavy (non-hydrogen) atoms. The van der Waals surface area contributed by atoms with Crippen molar-refractivity contribution in [3.63, 3.8) is 0 Å². The summed E-state index contributed by atoms with van der Waals surface area (Å²) in [4.78, 5) is 33.1. The van der Waals surface area contributed by atoms with Gasteiger partial charge in [0.2, 0.25) is 0 Å². The minimum Gasteiger partial charge on any atom is -0.493 e. The van der Waals surface area contributed by atoms with Gasteiger partial charge in [0.25, 0.3) is 5.56 Å². The highest BCUT2D eigenvalue weighted by atomic mass is 32.1. The van der Waals surface area contributed by atoms with Crippen molar-refractivity contribution in [3.05, 3.63) is 127 Å². The highest BCUT2D eigenvalue weighted by Gasteiger charge is 2.36. The first-order valence-electron chi connectivity index (χ1n) is 16.1. The zero-order valence-corrected chi connectivity index (χ0v) is 29.4. The number of hydrogen-bond acceptors (Lipinski definition) is 10. The standard InChI is InChI=1S/C39H38N2O8S/c1-6-47-36-29(15-10-16-31(36)45-4)35-34(38(43)48-20-19-44-3)24(2)40-39-41(35)37(42)33(50-39)22-25-17-18-30(32(21-25)46-5)49-23-27-13-9-12-26-11-7-8-14-28(26)27/h7-18,21-22,35H,6,19-20,23H2,1-5H3/b33-22+/t35-/m0/s1. The normalized spacial score (nSPS) is 14.3. The summed E-state index contributed by atoms with van der Waals surface area (Å²) in [7, 11) is 4.65. The number of benzene rings is 4. The first-order valence-corrected chi connectivity index (χ1v) is 17.0. The summed E-state index contributed by atoms with van der Waals surface area (Å²) >= 11 is 1.23. The van der Waals surface area contributed by atoms with Gasteiger partial charge in [-0.3, -0.25) is 9.36 Å². The van der Waals surface area contributed by atoms with Gasteiger partial charge in [-0.2, -0.15) is 0 Å². The predicted octanol–water partition coefficient (Wildman–Crippen LogP) is 5.57. The summed E-state index contributed by atoms with van der Waals surface area (Å²) in [6.45, 7) is 4.57. The lowest BCUT2D eigenvalue weighted by atomic mass is 9.94. The number of methoxy groups -OCH3 is 3. The third-order valence-corrected chi connectivity index (χ3v) is 9.31. The molecule has 0 spiro atoms. The fourth-order valence-electron chi connectivity index (χ4n) is 6.00. The number of rotatable bonds is 13. The molecule has 1 aromatic heterocycles. The molecule has 11 heteroatoms. The first kappa shape index (κ1) is 34.5. The summed E-state index contributed by atoms with van der Waals surface area (Å²) in [6.07, 6.45) is 1.78. The summed E-state index contributed by atoms with van der Waals surface area (Å²) in [6, 6.07) is 24.3. The van der Waals surface area contributed by atoms with E-state index in [4.69, 9.17) is 33.4 Å². The van der Waals surface area contributed by atoms with Crippen LogP contribution in [0.3, 0.4) is 0 Å². The molecule has 1 aliphatic heterocycles. The van der Waals surface area contributed by atoms with Crippen LogP contribution in [0.25, 0.3) is 16.8 Å². The molecule has 258 valence electrons. The Morgan fingerprint density at radius 3 is 2.46 bits per heavy atom. The van der Waals surface area contributed by atoms with E-state index in [2.05, 4.69) is 18.2 Å². The lowest BCUT2D eigenvalue weighted by Crippen LogP contribution is -2.40. The number of ether oxygens (including phenoxy) is 6. The maximum absolute atomic E-state index is 14.3. The molecule has 5 aromatic rings. The van der Waals surface area contributed by atoms with Gasteiger partial charge in [0.1, 0.15) is 19.3 Å². The maximum atomic E-state index is 14.3. The maximum Gasteiger partial charge on any atom is 0.338 e. The van der Waals surface area contributed by atoms with Crippen LogP contribution >= 0.6 is 11.3 Å². The summed E-state index contributed by atoms with van der Waals surface area (Å²) in [5.41, 5.74) is 2.70. The summed E-state index contributed by atoms with van der Waals surface area (Å²) in [5.74, 6) is 1.41. The molecule has 0 amide bonds. The van der Waals surface area contributed by atoms with E-state index in [1.165, 1.54) is 23.0 Å². The number of fused-ring (bicyclic) bond motifs is 2. The third kappa shape index (κ3) is 6.87. The van der Waals surface area contributed by atoms with Crippen LogP contribution in [0.1, 0.15) is 36.6 Å². The van der Waals surface area contributed by atoms with E-state index in [0.29, 0.717) is 56.8 Å². The van der Waals surface area contributed by atoms with Gasteiger partial charge >= 0.3 is 5.97 Å². The van der Waals surface area contributed by atoms with Gasteiger partial charge in [-0.15, -0.1) is 0 Å². The first-order chi connectivity index (χ1) is 24.4. The second kappa shape index (κ2) is 15.4. The van der Waals surface area contributed by atoms with Crippen molar-refractivity contribution in [1.29, 1.82) is 0 Å². The van der Waals surface area contributed by atoms with Crippen LogP contribution in [0.15, 0.2) is 99.9 Å². The molecule has 4 aromatic carbocycles. The van der Waals surface area contributed by atoms with Gasteiger partial charge in [0, 0.05) is 12.7 Å². The molecule has 1 aliphatic rings. The van der Waals surface area contributed by atoms with Gasteiger partial charge < -0.3 is 28.4 Å². The Kier molecular flexibility index (Phi) is 10.6. The smallest absolute Gasteiger partial charge is 0.338 e. The molecule has 2 heterocycles. The SMILES string of the molecule is CCOc1c(OC)cccc1[C@H]1C(C(=O)OCCOC)=C(C)N=c2s/c(=C/c3ccc(OCc4cccc5ccccc45)c(OC)c3)c(=O)n21. The molecule has 0 aliphatic carbocycles. The molecule has 0 radical (unpaired) electrons. The largest absolute Gasteiger partial charge is 0.493 e. The lowest BCUT2D eigenvalue weighted by molar-refractivity contribution is -0.140. The van der Waals surface area contributed by atoms with E-state index in [9.17, 15) is 9.59 Å². The Bertz CT molecular complexity index is 2250. The Morgan fingerprint density at radius 2 is 1.68 bits per heavy atom. The lowest BCUT2D eigenvalue weighted by Gasteiger charge is -2.27. The number of allylic oxidation sites excluding steroid dienone is 1. The van der Waals surface area contributed by atoms with Crippen molar-refractivity contribution >= 4 is 34.2 Å². The summed E-state index contributed by atoms with van der Waals surface area (Å²) < 4.78 is 36.2.